The summed E-state index contributed by atoms with van der Waals surface area (Å²) in [5, 5.41) is 31.3. The number of aliphatic hydroxyl groups excluding tert-OH is 2. The molecule has 0 aliphatic heterocycles. The molecule has 0 fully saturated rings. The number of nitrogens with one attached hydrogen (secondary N) is 1. The molecule has 1 rings (SSSR count). The molecule has 0 saturated carbocycles. The van der Waals surface area contributed by atoms with E-state index in [1.165, 1.54) is 38.1 Å². The van der Waals surface area contributed by atoms with Crippen LogP contribution in [-0.2, 0) is 9.53 Å². The Hall–Kier alpha value is -2.16. The summed E-state index contributed by atoms with van der Waals surface area (Å²) in [5.41, 5.74) is 4.62. The van der Waals surface area contributed by atoms with Crippen LogP contribution in [0.5, 0.6) is 0 Å². The quantitative estimate of drug-likeness (QED) is 0.188. The van der Waals surface area contributed by atoms with Crippen LogP contribution in [0.1, 0.15) is 30.6 Å². The summed E-state index contributed by atoms with van der Waals surface area (Å²) in [7, 11) is 0. The molecule has 1 aromatic carbocycles. The summed E-state index contributed by atoms with van der Waals surface area (Å²) in [5.74, 6) is -4.49. The van der Waals surface area contributed by atoms with E-state index in [9.17, 15) is 19.8 Å². The zero-order valence-corrected chi connectivity index (χ0v) is 13.8. The molecule has 24 heavy (non-hydrogen) atoms. The lowest BCUT2D eigenvalue weighted by Crippen LogP contribution is -2.60. The van der Waals surface area contributed by atoms with E-state index in [2.05, 4.69) is 5.32 Å². The molecular weight excluding hydrogens is 316 g/mol. The highest BCUT2D eigenvalue weighted by Crippen LogP contribution is 2.33. The van der Waals surface area contributed by atoms with Gasteiger partial charge in [0.15, 0.2) is 0 Å². The zero-order valence-electron chi connectivity index (χ0n) is 13.8. The van der Waals surface area contributed by atoms with E-state index >= 15 is 0 Å². The van der Waals surface area contributed by atoms with E-state index < -0.39 is 29.7 Å². The second-order valence-corrected chi connectivity index (χ2v) is 6.03. The van der Waals surface area contributed by atoms with Crippen molar-refractivity contribution >= 4 is 17.6 Å². The van der Waals surface area contributed by atoms with Crippen molar-refractivity contribution in [3.63, 3.8) is 0 Å². The maximum absolute atomic E-state index is 12.3. The van der Waals surface area contributed by atoms with E-state index in [1.54, 1.807) is 0 Å². The fourth-order valence-corrected chi connectivity index (χ4v) is 1.81. The molecule has 0 spiro atoms. The zero-order chi connectivity index (χ0) is 18.4. The molecule has 1 atom stereocenters. The van der Waals surface area contributed by atoms with Gasteiger partial charge in [-0.15, -0.1) is 0 Å². The molecule has 1 amide bonds. The predicted octanol–water partition coefficient (Wildman–Crippen LogP) is -0.369. The fourth-order valence-electron chi connectivity index (χ4n) is 1.81. The van der Waals surface area contributed by atoms with Crippen LogP contribution in [0.25, 0.3) is 0 Å². The lowest BCUT2D eigenvalue weighted by atomic mass is 9.83. The molecule has 0 aromatic heterocycles. The Morgan fingerprint density at radius 3 is 2.29 bits per heavy atom. The van der Waals surface area contributed by atoms with Gasteiger partial charge in [-0.3, -0.25) is 4.79 Å². The van der Waals surface area contributed by atoms with Crippen LogP contribution in [-0.4, -0.2) is 52.7 Å². The molecule has 1 aromatic rings. The van der Waals surface area contributed by atoms with Gasteiger partial charge < -0.3 is 31.1 Å². The third-order valence-corrected chi connectivity index (χ3v) is 3.63. The minimum absolute atomic E-state index is 0.0819. The summed E-state index contributed by atoms with van der Waals surface area (Å²) in [6.07, 6.45) is 0.271. The molecule has 134 valence electrons. The Kier molecular flexibility index (Phi) is 6.70. The first-order valence-electron chi connectivity index (χ1n) is 7.49. The van der Waals surface area contributed by atoms with Crippen molar-refractivity contribution in [3.8, 4) is 0 Å². The number of anilines is 1. The minimum Gasteiger partial charge on any atom is -0.419 e. The first-order chi connectivity index (χ1) is 11.2. The number of esters is 1. The minimum atomic E-state index is -2.59. The smallest absolute Gasteiger partial charge is 0.341 e. The van der Waals surface area contributed by atoms with Gasteiger partial charge in [-0.05, 0) is 30.7 Å². The van der Waals surface area contributed by atoms with E-state index in [-0.39, 0.29) is 25.1 Å². The van der Waals surface area contributed by atoms with Gasteiger partial charge in [0.25, 0.3) is 11.7 Å². The maximum atomic E-state index is 12.3. The van der Waals surface area contributed by atoms with Crippen LogP contribution in [0, 0.1) is 5.41 Å². The normalized spacial score (nSPS) is 13.9. The van der Waals surface area contributed by atoms with Crippen LogP contribution < -0.4 is 11.1 Å². The molecule has 0 radical (unpaired) electrons. The highest BCUT2D eigenvalue weighted by Gasteiger charge is 2.53. The van der Waals surface area contributed by atoms with Crippen molar-refractivity contribution in [2.45, 2.75) is 26.1 Å². The molecule has 0 heterocycles. The average molecular weight is 340 g/mol. The summed E-state index contributed by atoms with van der Waals surface area (Å²) in [6.45, 7) is 2.10. The van der Waals surface area contributed by atoms with Gasteiger partial charge in [0, 0.05) is 18.8 Å². The monoisotopic (exact) mass is 340 g/mol. The number of amides is 1. The summed E-state index contributed by atoms with van der Waals surface area (Å²) in [4.78, 5) is 24.6. The Morgan fingerprint density at radius 1 is 1.21 bits per heavy atom. The van der Waals surface area contributed by atoms with Gasteiger partial charge >= 0.3 is 5.97 Å². The van der Waals surface area contributed by atoms with Crippen molar-refractivity contribution in [3.05, 3.63) is 29.8 Å². The molecule has 0 saturated heterocycles. The summed E-state index contributed by atoms with van der Waals surface area (Å²) in [6, 6.07) is 5.75. The number of nitrogen functional groups attached to an aromatic ring is 1. The number of ether oxygens (including phenoxy) is 1. The lowest BCUT2D eigenvalue weighted by Gasteiger charge is -2.38. The van der Waals surface area contributed by atoms with E-state index in [4.69, 9.17) is 15.6 Å². The van der Waals surface area contributed by atoms with Gasteiger partial charge in [0.05, 0.1) is 17.6 Å². The lowest BCUT2D eigenvalue weighted by molar-refractivity contribution is -0.233. The van der Waals surface area contributed by atoms with E-state index in [1.807, 2.05) is 0 Å². The number of benzene rings is 1. The number of hydrogen-bond acceptors (Lipinski definition) is 7. The molecule has 8 heteroatoms. The van der Waals surface area contributed by atoms with Crippen LogP contribution in [0.2, 0.25) is 0 Å². The Balaban J connectivity index is 3.03. The van der Waals surface area contributed by atoms with Gasteiger partial charge in [-0.2, -0.15) is 0 Å². The molecule has 0 aliphatic rings. The van der Waals surface area contributed by atoms with E-state index in [0.29, 0.717) is 5.69 Å². The molecule has 8 nitrogen and oxygen atoms in total. The second kappa shape index (κ2) is 8.09. The summed E-state index contributed by atoms with van der Waals surface area (Å²) < 4.78 is 5.05. The first kappa shape index (κ1) is 19.9. The van der Waals surface area contributed by atoms with Crippen molar-refractivity contribution in [2.24, 2.45) is 5.41 Å². The van der Waals surface area contributed by atoms with Gasteiger partial charge in [-0.1, -0.05) is 13.8 Å². The molecular formula is C16H24N2O6. The third kappa shape index (κ3) is 4.44. The van der Waals surface area contributed by atoms with Crippen molar-refractivity contribution in [2.75, 3.05) is 25.5 Å². The summed E-state index contributed by atoms with van der Waals surface area (Å²) >= 11 is 0. The highest BCUT2D eigenvalue weighted by molar-refractivity contribution is 5.94. The molecule has 0 bridgehead atoms. The predicted molar refractivity (Wildman–Crippen MR) is 86.8 cm³/mol. The maximum Gasteiger partial charge on any atom is 0.341 e. The van der Waals surface area contributed by atoms with Crippen molar-refractivity contribution in [1.29, 1.82) is 0 Å². The Bertz CT molecular complexity index is 572. The number of rotatable bonds is 8. The number of carbonyl (C=O) groups is 2. The number of aliphatic hydroxyl groups is 3. The number of nitrogens with two attached hydrogens (primary N) is 1. The van der Waals surface area contributed by atoms with E-state index in [0.717, 1.165) is 0 Å². The Morgan fingerprint density at radius 2 is 1.79 bits per heavy atom. The van der Waals surface area contributed by atoms with Crippen LogP contribution in [0.3, 0.4) is 0 Å². The van der Waals surface area contributed by atoms with Crippen LogP contribution >= 0.6 is 0 Å². The first-order valence-corrected chi connectivity index (χ1v) is 7.49. The van der Waals surface area contributed by atoms with Crippen LogP contribution in [0.15, 0.2) is 24.3 Å². The topological polar surface area (TPSA) is 142 Å². The third-order valence-electron chi connectivity index (χ3n) is 3.63. The van der Waals surface area contributed by atoms with Gasteiger partial charge in [0.2, 0.25) is 0 Å². The van der Waals surface area contributed by atoms with Crippen molar-refractivity contribution < 1.29 is 29.6 Å². The standard InChI is InChI=1S/C16H24N2O6/c1-15(2,10-20)16(23,14(22)18-8-3-9-19)24-13(21)11-4-6-12(17)7-5-11/h4-7,19-20,23H,3,8-10,17H2,1-2H3,(H,18,22). The second-order valence-electron chi connectivity index (χ2n) is 6.03. The van der Waals surface area contributed by atoms with Gasteiger partial charge in [-0.25, -0.2) is 4.79 Å². The fraction of sp³-hybridized carbons (Fsp3) is 0.500. The highest BCUT2D eigenvalue weighted by atomic mass is 16.7. The molecule has 1 unspecified atom stereocenters. The molecule has 6 N–H and O–H groups in total. The Labute approximate surface area is 140 Å². The molecule has 0 aliphatic carbocycles. The number of hydrogen-bond donors (Lipinski definition) is 5. The van der Waals surface area contributed by atoms with Crippen molar-refractivity contribution in [1.82, 2.24) is 5.32 Å². The SMILES string of the molecule is CC(C)(CO)C(O)(OC(=O)c1ccc(N)cc1)C(=O)NCCCO. The number of carbonyl (C=O) groups excluding carboxylic acids is 2. The largest absolute Gasteiger partial charge is 0.419 e. The van der Waals surface area contributed by atoms with Crippen LogP contribution in [0.4, 0.5) is 5.69 Å². The average Bonchev–Trinajstić information content (AvgIpc) is 2.55. The van der Waals surface area contributed by atoms with Gasteiger partial charge in [0.1, 0.15) is 0 Å².